The third-order valence-corrected chi connectivity index (χ3v) is 4.99. The molecule has 6 nitrogen and oxygen atoms in total. The summed E-state index contributed by atoms with van der Waals surface area (Å²) >= 11 is 0. The number of carbonyl (C=O) groups is 2. The summed E-state index contributed by atoms with van der Waals surface area (Å²) in [5.41, 5.74) is 1.09. The van der Waals surface area contributed by atoms with Crippen LogP contribution in [0.5, 0.6) is 5.75 Å². The molecule has 1 amide bonds. The molecular weight excluding hydrogens is 322 g/mol. The van der Waals surface area contributed by atoms with Crippen molar-refractivity contribution in [3.63, 3.8) is 0 Å². The van der Waals surface area contributed by atoms with E-state index in [1.54, 1.807) is 18.2 Å². The predicted octanol–water partition coefficient (Wildman–Crippen LogP) is 2.73. The third kappa shape index (κ3) is 3.63. The Hall–Kier alpha value is -2.08. The van der Waals surface area contributed by atoms with Crippen molar-refractivity contribution >= 4 is 11.9 Å². The lowest BCUT2D eigenvalue weighted by Gasteiger charge is -2.36. The zero-order valence-electron chi connectivity index (χ0n) is 14.7. The van der Waals surface area contributed by atoms with E-state index in [0.29, 0.717) is 32.1 Å². The second-order valence-electron chi connectivity index (χ2n) is 7.01. The van der Waals surface area contributed by atoms with Crippen molar-refractivity contribution in [3.8, 4) is 5.75 Å². The van der Waals surface area contributed by atoms with E-state index in [1.165, 1.54) is 0 Å². The molecule has 0 bridgehead atoms. The van der Waals surface area contributed by atoms with Gasteiger partial charge in [0.15, 0.2) is 0 Å². The van der Waals surface area contributed by atoms with Gasteiger partial charge >= 0.3 is 5.97 Å². The molecule has 25 heavy (non-hydrogen) atoms. The first-order valence-corrected chi connectivity index (χ1v) is 8.87. The number of ether oxygens (including phenoxy) is 2. The lowest BCUT2D eigenvalue weighted by Crippen LogP contribution is -2.43. The molecule has 2 aliphatic heterocycles. The van der Waals surface area contributed by atoms with Crippen LogP contribution in [0.3, 0.4) is 0 Å². The van der Waals surface area contributed by atoms with Crippen LogP contribution in [0.1, 0.15) is 48.7 Å². The van der Waals surface area contributed by atoms with Crippen molar-refractivity contribution < 1.29 is 24.2 Å². The Morgan fingerprint density at radius 1 is 1.20 bits per heavy atom. The molecule has 136 valence electrons. The number of carboxylic acids is 1. The van der Waals surface area contributed by atoms with Gasteiger partial charge in [0.1, 0.15) is 12.4 Å². The van der Waals surface area contributed by atoms with Gasteiger partial charge in [0, 0.05) is 24.7 Å². The number of benzene rings is 1. The second-order valence-corrected chi connectivity index (χ2v) is 7.01. The van der Waals surface area contributed by atoms with Gasteiger partial charge in [-0.05, 0) is 30.9 Å². The summed E-state index contributed by atoms with van der Waals surface area (Å²) < 4.78 is 11.2. The first-order chi connectivity index (χ1) is 12.0. The van der Waals surface area contributed by atoms with Crippen molar-refractivity contribution in [1.82, 2.24) is 4.90 Å². The van der Waals surface area contributed by atoms with E-state index in [9.17, 15) is 14.7 Å². The van der Waals surface area contributed by atoms with E-state index in [1.807, 2.05) is 4.90 Å². The summed E-state index contributed by atoms with van der Waals surface area (Å²) in [7, 11) is 0. The molecule has 3 rings (SSSR count). The first-order valence-electron chi connectivity index (χ1n) is 8.87. The lowest BCUT2D eigenvalue weighted by atomic mass is 9.90. The van der Waals surface area contributed by atoms with Crippen LogP contribution in [-0.2, 0) is 9.53 Å². The highest BCUT2D eigenvalue weighted by molar-refractivity contribution is 5.88. The number of nitrogens with zero attached hydrogens (tertiary/aromatic N) is 1. The van der Waals surface area contributed by atoms with Crippen molar-refractivity contribution in [3.05, 3.63) is 29.3 Å². The molecule has 1 aromatic carbocycles. The topological polar surface area (TPSA) is 76.1 Å². The molecule has 0 aromatic heterocycles. The summed E-state index contributed by atoms with van der Waals surface area (Å²) in [4.78, 5) is 26.3. The normalized spacial score (nSPS) is 21.4. The maximum Gasteiger partial charge on any atom is 0.335 e. The summed E-state index contributed by atoms with van der Waals surface area (Å²) in [6.45, 7) is 6.30. The fourth-order valence-corrected chi connectivity index (χ4v) is 3.74. The Balaban J connectivity index is 1.94. The third-order valence-electron chi connectivity index (χ3n) is 4.99. The first kappa shape index (κ1) is 17.7. The Morgan fingerprint density at radius 3 is 2.56 bits per heavy atom. The van der Waals surface area contributed by atoms with Crippen LogP contribution in [-0.4, -0.2) is 48.2 Å². The van der Waals surface area contributed by atoms with E-state index in [2.05, 4.69) is 13.8 Å². The van der Waals surface area contributed by atoms with Gasteiger partial charge < -0.3 is 19.5 Å². The standard InChI is InChI=1S/C19H25NO5/c1-12(2)17-15-4-3-14(19(22)23)11-16(15)25-10-7-20(17)18(21)13-5-8-24-9-6-13/h3-4,11-13,17H,5-10H2,1-2H3,(H,22,23)/t17-/m1/s1. The van der Waals surface area contributed by atoms with Gasteiger partial charge in [0.05, 0.1) is 18.2 Å². The molecule has 1 aromatic rings. The molecular formula is C19H25NO5. The predicted molar refractivity (Wildman–Crippen MR) is 91.7 cm³/mol. The molecule has 0 unspecified atom stereocenters. The monoisotopic (exact) mass is 347 g/mol. The molecule has 1 fully saturated rings. The van der Waals surface area contributed by atoms with Gasteiger partial charge in [-0.2, -0.15) is 0 Å². The quantitative estimate of drug-likeness (QED) is 0.910. The number of hydrogen-bond acceptors (Lipinski definition) is 4. The van der Waals surface area contributed by atoms with E-state index >= 15 is 0 Å². The molecule has 6 heteroatoms. The minimum Gasteiger partial charge on any atom is -0.491 e. The van der Waals surface area contributed by atoms with Crippen LogP contribution < -0.4 is 4.74 Å². The summed E-state index contributed by atoms with van der Waals surface area (Å²) in [6, 6.07) is 4.83. The molecule has 1 atom stereocenters. The highest BCUT2D eigenvalue weighted by Crippen LogP contribution is 2.38. The maximum atomic E-state index is 13.1. The van der Waals surface area contributed by atoms with Crippen molar-refractivity contribution in [2.75, 3.05) is 26.4 Å². The molecule has 1 saturated heterocycles. The van der Waals surface area contributed by atoms with Crippen LogP contribution >= 0.6 is 0 Å². The van der Waals surface area contributed by atoms with Crippen LogP contribution in [0.15, 0.2) is 18.2 Å². The fourth-order valence-electron chi connectivity index (χ4n) is 3.74. The molecule has 0 saturated carbocycles. The van der Waals surface area contributed by atoms with Gasteiger partial charge in [-0.3, -0.25) is 4.79 Å². The van der Waals surface area contributed by atoms with Crippen LogP contribution in [0.25, 0.3) is 0 Å². The van der Waals surface area contributed by atoms with E-state index in [-0.39, 0.29) is 29.3 Å². The minimum atomic E-state index is -0.980. The Bertz CT molecular complexity index is 651. The second kappa shape index (κ2) is 7.44. The SMILES string of the molecule is CC(C)[C@@H]1c2ccc(C(=O)O)cc2OCCN1C(=O)C1CCOCC1. The summed E-state index contributed by atoms with van der Waals surface area (Å²) in [5.74, 6) is -0.0664. The zero-order valence-corrected chi connectivity index (χ0v) is 14.7. The number of rotatable bonds is 3. The van der Waals surface area contributed by atoms with E-state index in [0.717, 1.165) is 18.4 Å². The van der Waals surface area contributed by atoms with Crippen molar-refractivity contribution in [1.29, 1.82) is 0 Å². The fraction of sp³-hybridized carbons (Fsp3) is 0.579. The number of fused-ring (bicyclic) bond motifs is 1. The average Bonchev–Trinajstić information content (AvgIpc) is 2.80. The molecule has 2 heterocycles. The van der Waals surface area contributed by atoms with Crippen LogP contribution in [0.4, 0.5) is 0 Å². The van der Waals surface area contributed by atoms with Gasteiger partial charge in [-0.25, -0.2) is 4.79 Å². The molecule has 0 aliphatic carbocycles. The minimum absolute atomic E-state index is 0.00478. The molecule has 1 N–H and O–H groups in total. The smallest absolute Gasteiger partial charge is 0.335 e. The highest BCUT2D eigenvalue weighted by atomic mass is 16.5. The number of hydrogen-bond donors (Lipinski definition) is 1. The largest absolute Gasteiger partial charge is 0.491 e. The van der Waals surface area contributed by atoms with Crippen LogP contribution in [0, 0.1) is 11.8 Å². The van der Waals surface area contributed by atoms with Gasteiger partial charge in [0.2, 0.25) is 5.91 Å². The number of carbonyl (C=O) groups excluding carboxylic acids is 1. The highest BCUT2D eigenvalue weighted by Gasteiger charge is 2.36. The number of amides is 1. The lowest BCUT2D eigenvalue weighted by molar-refractivity contribution is -0.142. The Kier molecular flexibility index (Phi) is 5.27. The summed E-state index contributed by atoms with van der Waals surface area (Å²) in [5, 5.41) is 9.21. The number of carboxylic acid groups (broad SMARTS) is 1. The van der Waals surface area contributed by atoms with E-state index in [4.69, 9.17) is 9.47 Å². The van der Waals surface area contributed by atoms with Crippen molar-refractivity contribution in [2.45, 2.75) is 32.7 Å². The Morgan fingerprint density at radius 2 is 1.92 bits per heavy atom. The van der Waals surface area contributed by atoms with Crippen LogP contribution in [0.2, 0.25) is 0 Å². The maximum absolute atomic E-state index is 13.1. The van der Waals surface area contributed by atoms with Gasteiger partial charge in [0.25, 0.3) is 0 Å². The zero-order chi connectivity index (χ0) is 18.0. The number of aromatic carboxylic acids is 1. The summed E-state index contributed by atoms with van der Waals surface area (Å²) in [6.07, 6.45) is 1.51. The molecule has 2 aliphatic rings. The van der Waals surface area contributed by atoms with Gasteiger partial charge in [-0.15, -0.1) is 0 Å². The average molecular weight is 347 g/mol. The Labute approximate surface area is 147 Å². The van der Waals surface area contributed by atoms with E-state index < -0.39 is 5.97 Å². The van der Waals surface area contributed by atoms with Crippen molar-refractivity contribution in [2.24, 2.45) is 11.8 Å². The molecule has 0 radical (unpaired) electrons. The van der Waals surface area contributed by atoms with Gasteiger partial charge in [-0.1, -0.05) is 19.9 Å². The molecule has 0 spiro atoms.